The highest BCUT2D eigenvalue weighted by Gasteiger charge is 2.49. The molecule has 1 aliphatic rings. The lowest BCUT2D eigenvalue weighted by molar-refractivity contribution is -0.155. The third-order valence-electron chi connectivity index (χ3n) is 1.82. The van der Waals surface area contributed by atoms with E-state index < -0.39 is 17.6 Å². The van der Waals surface area contributed by atoms with Crippen molar-refractivity contribution < 1.29 is 15.0 Å². The molecular weight excluding hydrogens is 122 g/mol. The van der Waals surface area contributed by atoms with Crippen molar-refractivity contribution in [3.05, 3.63) is 0 Å². The number of aliphatic hydroxyl groups is 1. The molecule has 0 saturated heterocycles. The van der Waals surface area contributed by atoms with Crippen LogP contribution in [0.3, 0.4) is 0 Å². The number of carboxylic acid groups (broad SMARTS) is 1. The summed E-state index contributed by atoms with van der Waals surface area (Å²) < 4.78 is 0. The predicted octanol–water partition coefficient (Wildman–Crippen LogP) is -1.08. The Morgan fingerprint density at radius 1 is 1.78 bits per heavy atom. The summed E-state index contributed by atoms with van der Waals surface area (Å²) in [6.07, 6.45) is 0.0294. The van der Waals surface area contributed by atoms with Gasteiger partial charge in [0.2, 0.25) is 0 Å². The van der Waals surface area contributed by atoms with Crippen molar-refractivity contribution in [3.8, 4) is 0 Å². The van der Waals surface area contributed by atoms with E-state index in [0.29, 0.717) is 12.8 Å². The number of hydrogen-bond acceptors (Lipinski definition) is 3. The van der Waals surface area contributed by atoms with Crippen LogP contribution < -0.4 is 5.73 Å². The van der Waals surface area contributed by atoms with Crippen LogP contribution in [0, 0.1) is 0 Å². The van der Waals surface area contributed by atoms with Gasteiger partial charge in [0.25, 0.3) is 0 Å². The topological polar surface area (TPSA) is 83.6 Å². The van der Waals surface area contributed by atoms with E-state index >= 15 is 0 Å². The number of carboxylic acids is 1. The first-order valence-electron chi connectivity index (χ1n) is 2.78. The fraction of sp³-hybridized carbons (Fsp3) is 0.800. The Bertz CT molecular complexity index is 147. The van der Waals surface area contributed by atoms with Crippen LogP contribution in [0.4, 0.5) is 0 Å². The summed E-state index contributed by atoms with van der Waals surface area (Å²) in [7, 11) is 0. The zero-order valence-corrected chi connectivity index (χ0v) is 4.87. The molecule has 9 heavy (non-hydrogen) atoms. The zero-order chi connectivity index (χ0) is 7.07. The molecule has 1 rings (SSSR count). The van der Waals surface area contributed by atoms with Gasteiger partial charge < -0.3 is 15.9 Å². The minimum absolute atomic E-state index is 0.378. The Hall–Kier alpha value is -0.610. The van der Waals surface area contributed by atoms with Crippen LogP contribution in [0.1, 0.15) is 12.8 Å². The van der Waals surface area contributed by atoms with Crippen molar-refractivity contribution in [2.45, 2.75) is 24.5 Å². The quantitative estimate of drug-likeness (QED) is 0.423. The molecular formula is C5H9NO3. The first-order valence-corrected chi connectivity index (χ1v) is 2.78. The first kappa shape index (κ1) is 6.51. The van der Waals surface area contributed by atoms with Gasteiger partial charge in [0, 0.05) is 0 Å². The normalized spacial score (nSPS) is 41.8. The van der Waals surface area contributed by atoms with Crippen LogP contribution >= 0.6 is 0 Å². The highest BCUT2D eigenvalue weighted by atomic mass is 16.4. The molecule has 2 atom stereocenters. The minimum Gasteiger partial charge on any atom is -0.480 e. The first-order chi connectivity index (χ1) is 4.07. The number of carbonyl (C=O) groups is 1. The zero-order valence-electron chi connectivity index (χ0n) is 4.87. The average Bonchev–Trinajstić information content (AvgIpc) is 1.82. The predicted molar refractivity (Wildman–Crippen MR) is 29.8 cm³/mol. The maximum atomic E-state index is 10.2. The maximum Gasteiger partial charge on any atom is 0.326 e. The third-order valence-corrected chi connectivity index (χ3v) is 1.82. The highest BCUT2D eigenvalue weighted by molar-refractivity contribution is 5.80. The number of hydrogen-bond donors (Lipinski definition) is 3. The van der Waals surface area contributed by atoms with Crippen LogP contribution in [0.15, 0.2) is 0 Å². The molecule has 2 unspecified atom stereocenters. The van der Waals surface area contributed by atoms with Gasteiger partial charge in [-0.25, -0.2) is 0 Å². The van der Waals surface area contributed by atoms with E-state index in [4.69, 9.17) is 15.9 Å². The van der Waals surface area contributed by atoms with Gasteiger partial charge in [-0.15, -0.1) is 0 Å². The van der Waals surface area contributed by atoms with Gasteiger partial charge in [0.05, 0.1) is 6.10 Å². The van der Waals surface area contributed by atoms with Crippen molar-refractivity contribution in [2.75, 3.05) is 0 Å². The second-order valence-corrected chi connectivity index (χ2v) is 2.40. The molecule has 0 radical (unpaired) electrons. The Morgan fingerprint density at radius 3 is 2.33 bits per heavy atom. The van der Waals surface area contributed by atoms with E-state index in [-0.39, 0.29) is 0 Å². The standard InChI is InChI=1S/C5H9NO3/c6-5(4(8)9)2-1-3(5)7/h3,7H,1-2,6H2,(H,8,9). The summed E-state index contributed by atoms with van der Waals surface area (Å²) in [5.41, 5.74) is 3.89. The average molecular weight is 131 g/mol. The largest absolute Gasteiger partial charge is 0.480 e. The van der Waals surface area contributed by atoms with Crippen molar-refractivity contribution in [1.82, 2.24) is 0 Å². The highest BCUT2D eigenvalue weighted by Crippen LogP contribution is 2.29. The smallest absolute Gasteiger partial charge is 0.326 e. The Balaban J connectivity index is 2.64. The van der Waals surface area contributed by atoms with Gasteiger partial charge in [-0.2, -0.15) is 0 Å². The molecule has 4 nitrogen and oxygen atoms in total. The lowest BCUT2D eigenvalue weighted by atomic mass is 9.75. The van der Waals surface area contributed by atoms with Crippen LogP contribution in [-0.4, -0.2) is 27.8 Å². The van der Waals surface area contributed by atoms with Gasteiger partial charge in [0.15, 0.2) is 0 Å². The summed E-state index contributed by atoms with van der Waals surface area (Å²) in [4.78, 5) is 10.2. The van der Waals surface area contributed by atoms with E-state index in [9.17, 15) is 4.79 Å². The van der Waals surface area contributed by atoms with Crippen LogP contribution in [0.2, 0.25) is 0 Å². The fourth-order valence-corrected chi connectivity index (χ4v) is 0.834. The summed E-state index contributed by atoms with van der Waals surface area (Å²) in [6, 6.07) is 0. The summed E-state index contributed by atoms with van der Waals surface area (Å²) >= 11 is 0. The number of nitrogens with two attached hydrogens (primary N) is 1. The molecule has 0 aromatic rings. The third kappa shape index (κ3) is 0.710. The molecule has 1 aliphatic carbocycles. The molecule has 4 heteroatoms. The van der Waals surface area contributed by atoms with E-state index in [1.807, 2.05) is 0 Å². The molecule has 4 N–H and O–H groups in total. The lowest BCUT2D eigenvalue weighted by Crippen LogP contribution is -2.64. The maximum absolute atomic E-state index is 10.2. The van der Waals surface area contributed by atoms with E-state index in [0.717, 1.165) is 0 Å². The van der Waals surface area contributed by atoms with Gasteiger partial charge in [-0.3, -0.25) is 4.79 Å². The molecule has 52 valence electrons. The molecule has 0 amide bonds. The van der Waals surface area contributed by atoms with E-state index in [1.54, 1.807) is 0 Å². The van der Waals surface area contributed by atoms with Crippen LogP contribution in [0.25, 0.3) is 0 Å². The van der Waals surface area contributed by atoms with Crippen molar-refractivity contribution in [3.63, 3.8) is 0 Å². The van der Waals surface area contributed by atoms with Gasteiger partial charge in [-0.05, 0) is 12.8 Å². The number of rotatable bonds is 1. The van der Waals surface area contributed by atoms with Gasteiger partial charge >= 0.3 is 5.97 Å². The second-order valence-electron chi connectivity index (χ2n) is 2.40. The van der Waals surface area contributed by atoms with Crippen molar-refractivity contribution in [2.24, 2.45) is 5.73 Å². The Morgan fingerprint density at radius 2 is 2.33 bits per heavy atom. The van der Waals surface area contributed by atoms with E-state index in [2.05, 4.69) is 0 Å². The van der Waals surface area contributed by atoms with Crippen molar-refractivity contribution in [1.29, 1.82) is 0 Å². The second kappa shape index (κ2) is 1.68. The van der Waals surface area contributed by atoms with Crippen molar-refractivity contribution >= 4 is 5.97 Å². The summed E-state index contributed by atoms with van der Waals surface area (Å²) in [5.74, 6) is -1.11. The number of aliphatic hydroxyl groups excluding tert-OH is 1. The molecule has 0 bridgehead atoms. The Kier molecular flexibility index (Phi) is 1.22. The summed E-state index contributed by atoms with van der Waals surface area (Å²) in [6.45, 7) is 0. The molecule has 1 fully saturated rings. The SMILES string of the molecule is NC1(C(=O)O)CCC1O. The monoisotopic (exact) mass is 131 g/mol. The minimum atomic E-state index is -1.35. The van der Waals surface area contributed by atoms with E-state index in [1.165, 1.54) is 0 Å². The molecule has 0 aromatic carbocycles. The summed E-state index contributed by atoms with van der Waals surface area (Å²) in [5, 5.41) is 17.2. The van der Waals surface area contributed by atoms with Gasteiger partial charge in [-0.1, -0.05) is 0 Å². The molecule has 0 spiro atoms. The Labute approximate surface area is 52.3 Å². The van der Waals surface area contributed by atoms with Crippen LogP contribution in [0.5, 0.6) is 0 Å². The molecule has 1 saturated carbocycles. The van der Waals surface area contributed by atoms with Gasteiger partial charge in [0.1, 0.15) is 5.54 Å². The molecule has 0 heterocycles. The van der Waals surface area contributed by atoms with Crippen LogP contribution in [-0.2, 0) is 4.79 Å². The molecule has 0 aliphatic heterocycles. The molecule has 0 aromatic heterocycles. The fourth-order valence-electron chi connectivity index (χ4n) is 0.834. The number of aliphatic carboxylic acids is 1. The lowest BCUT2D eigenvalue weighted by Gasteiger charge is -2.39.